The molecule has 15 heavy (non-hydrogen) atoms. The Morgan fingerprint density at radius 2 is 2.33 bits per heavy atom. The van der Waals surface area contributed by atoms with Crippen LogP contribution in [0.5, 0.6) is 5.75 Å². The van der Waals surface area contributed by atoms with E-state index in [-0.39, 0.29) is 0 Å². The molecule has 0 aromatic carbocycles. The maximum absolute atomic E-state index is 9.14. The molecule has 0 aliphatic heterocycles. The molecule has 1 aromatic heterocycles. The Balaban J connectivity index is 2.59. The van der Waals surface area contributed by atoms with Gasteiger partial charge in [-0.05, 0) is 31.4 Å². The summed E-state index contributed by atoms with van der Waals surface area (Å²) in [5.41, 5.74) is 1.17. The van der Waals surface area contributed by atoms with Crippen LogP contribution >= 0.6 is 0 Å². The Hall–Kier alpha value is -1.09. The number of aryl methyl sites for hydroxylation is 1. The molecule has 0 radical (unpaired) electrons. The molecule has 0 bridgehead atoms. The standard InChI is InChI=1S/C12H19NO2/c1-3-4-5-11-6-7-13-8-12(11)15-9-10(2)14/h6-8,10,14H,3-5,9H2,1-2H3. The predicted octanol–water partition coefficient (Wildman–Crippen LogP) is 2.18. The fourth-order valence-electron chi connectivity index (χ4n) is 1.32. The van der Waals surface area contributed by atoms with Gasteiger partial charge in [0.05, 0.1) is 12.3 Å². The lowest BCUT2D eigenvalue weighted by Crippen LogP contribution is -2.13. The summed E-state index contributed by atoms with van der Waals surface area (Å²) >= 11 is 0. The molecule has 3 heteroatoms. The van der Waals surface area contributed by atoms with Crippen molar-refractivity contribution in [1.29, 1.82) is 0 Å². The minimum Gasteiger partial charge on any atom is -0.489 e. The van der Waals surface area contributed by atoms with Crippen LogP contribution in [0.3, 0.4) is 0 Å². The Bertz CT molecular complexity index is 287. The molecule has 1 aromatic rings. The van der Waals surface area contributed by atoms with Crippen LogP contribution in [0.25, 0.3) is 0 Å². The van der Waals surface area contributed by atoms with Crippen LogP contribution in [0, 0.1) is 0 Å². The van der Waals surface area contributed by atoms with Crippen molar-refractivity contribution in [3.8, 4) is 5.75 Å². The van der Waals surface area contributed by atoms with Crippen LogP contribution in [0.15, 0.2) is 18.5 Å². The van der Waals surface area contributed by atoms with E-state index in [0.29, 0.717) is 6.61 Å². The molecule has 0 saturated heterocycles. The summed E-state index contributed by atoms with van der Waals surface area (Å²) in [5.74, 6) is 0.798. The first-order valence-electron chi connectivity index (χ1n) is 5.47. The van der Waals surface area contributed by atoms with E-state index in [1.165, 1.54) is 5.56 Å². The lowest BCUT2D eigenvalue weighted by molar-refractivity contribution is 0.122. The quantitative estimate of drug-likeness (QED) is 0.781. The summed E-state index contributed by atoms with van der Waals surface area (Å²) in [6.07, 6.45) is 6.37. The van der Waals surface area contributed by atoms with E-state index < -0.39 is 6.10 Å². The van der Waals surface area contributed by atoms with Crippen LogP contribution < -0.4 is 4.74 Å². The van der Waals surface area contributed by atoms with Gasteiger partial charge in [0.15, 0.2) is 0 Å². The number of rotatable bonds is 6. The summed E-state index contributed by atoms with van der Waals surface area (Å²) < 4.78 is 5.48. The first-order chi connectivity index (χ1) is 7.24. The van der Waals surface area contributed by atoms with E-state index >= 15 is 0 Å². The zero-order valence-corrected chi connectivity index (χ0v) is 9.44. The van der Waals surface area contributed by atoms with E-state index in [1.807, 2.05) is 6.07 Å². The zero-order chi connectivity index (χ0) is 11.1. The SMILES string of the molecule is CCCCc1ccncc1OCC(C)O. The van der Waals surface area contributed by atoms with Gasteiger partial charge in [-0.15, -0.1) is 0 Å². The molecule has 84 valence electrons. The second kappa shape index (κ2) is 6.40. The zero-order valence-electron chi connectivity index (χ0n) is 9.44. The third kappa shape index (κ3) is 4.30. The van der Waals surface area contributed by atoms with Gasteiger partial charge in [-0.2, -0.15) is 0 Å². The van der Waals surface area contributed by atoms with E-state index in [4.69, 9.17) is 9.84 Å². The van der Waals surface area contributed by atoms with Crippen molar-refractivity contribution in [2.75, 3.05) is 6.61 Å². The number of unbranched alkanes of at least 4 members (excludes halogenated alkanes) is 1. The number of aromatic nitrogens is 1. The Kier molecular flexibility index (Phi) is 5.12. The predicted molar refractivity (Wildman–Crippen MR) is 60.0 cm³/mol. The summed E-state index contributed by atoms with van der Waals surface area (Å²) in [5, 5.41) is 9.14. The number of aliphatic hydroxyl groups excluding tert-OH is 1. The molecular formula is C12H19NO2. The Morgan fingerprint density at radius 3 is 3.00 bits per heavy atom. The highest BCUT2D eigenvalue weighted by molar-refractivity contribution is 5.29. The molecule has 1 N–H and O–H groups in total. The van der Waals surface area contributed by atoms with Gasteiger partial charge in [-0.3, -0.25) is 4.98 Å². The average molecular weight is 209 g/mol. The summed E-state index contributed by atoms with van der Waals surface area (Å²) in [7, 11) is 0. The minimum absolute atomic E-state index is 0.324. The van der Waals surface area contributed by atoms with E-state index in [1.54, 1.807) is 19.3 Å². The molecule has 1 atom stereocenters. The minimum atomic E-state index is -0.441. The highest BCUT2D eigenvalue weighted by atomic mass is 16.5. The lowest BCUT2D eigenvalue weighted by atomic mass is 10.1. The number of hydrogen-bond acceptors (Lipinski definition) is 3. The van der Waals surface area contributed by atoms with Crippen LogP contribution in [-0.4, -0.2) is 22.8 Å². The van der Waals surface area contributed by atoms with Crippen LogP contribution in [0.4, 0.5) is 0 Å². The number of ether oxygens (including phenoxy) is 1. The third-order valence-electron chi connectivity index (χ3n) is 2.15. The number of pyridine rings is 1. The summed E-state index contributed by atoms with van der Waals surface area (Å²) in [6, 6.07) is 1.98. The van der Waals surface area contributed by atoms with E-state index in [0.717, 1.165) is 25.0 Å². The molecule has 1 unspecified atom stereocenters. The molecule has 3 nitrogen and oxygen atoms in total. The fourth-order valence-corrected chi connectivity index (χ4v) is 1.32. The second-order valence-corrected chi connectivity index (χ2v) is 3.75. The summed E-state index contributed by atoms with van der Waals surface area (Å²) in [6.45, 7) is 4.20. The molecule has 0 spiro atoms. The topological polar surface area (TPSA) is 42.4 Å². The highest BCUT2D eigenvalue weighted by Gasteiger charge is 2.04. The molecule has 0 saturated carbocycles. The van der Waals surface area contributed by atoms with Gasteiger partial charge in [0.2, 0.25) is 0 Å². The van der Waals surface area contributed by atoms with Crippen molar-refractivity contribution in [3.05, 3.63) is 24.0 Å². The highest BCUT2D eigenvalue weighted by Crippen LogP contribution is 2.18. The maximum Gasteiger partial charge on any atom is 0.140 e. The van der Waals surface area contributed by atoms with Gasteiger partial charge in [0.25, 0.3) is 0 Å². The number of nitrogens with zero attached hydrogens (tertiary/aromatic N) is 1. The first-order valence-corrected chi connectivity index (χ1v) is 5.47. The normalized spacial score (nSPS) is 12.5. The van der Waals surface area contributed by atoms with Crippen molar-refractivity contribution in [3.63, 3.8) is 0 Å². The lowest BCUT2D eigenvalue weighted by Gasteiger charge is -2.11. The first kappa shape index (κ1) is 12.0. The molecule has 0 fully saturated rings. The molecule has 1 rings (SSSR count). The van der Waals surface area contributed by atoms with Crippen LogP contribution in [0.2, 0.25) is 0 Å². The van der Waals surface area contributed by atoms with Gasteiger partial charge >= 0.3 is 0 Å². The maximum atomic E-state index is 9.14. The number of aliphatic hydroxyl groups is 1. The van der Waals surface area contributed by atoms with Gasteiger partial charge < -0.3 is 9.84 Å². The molecule has 0 aliphatic carbocycles. The summed E-state index contributed by atoms with van der Waals surface area (Å²) in [4.78, 5) is 4.02. The van der Waals surface area contributed by atoms with Gasteiger partial charge in [-0.1, -0.05) is 13.3 Å². The van der Waals surface area contributed by atoms with E-state index in [2.05, 4.69) is 11.9 Å². The number of hydrogen-bond donors (Lipinski definition) is 1. The van der Waals surface area contributed by atoms with Crippen molar-refractivity contribution in [2.24, 2.45) is 0 Å². The van der Waals surface area contributed by atoms with E-state index in [9.17, 15) is 0 Å². The smallest absolute Gasteiger partial charge is 0.140 e. The fraction of sp³-hybridized carbons (Fsp3) is 0.583. The largest absolute Gasteiger partial charge is 0.489 e. The van der Waals surface area contributed by atoms with Crippen LogP contribution in [-0.2, 0) is 6.42 Å². The second-order valence-electron chi connectivity index (χ2n) is 3.75. The van der Waals surface area contributed by atoms with Gasteiger partial charge in [0, 0.05) is 6.20 Å². The Labute approximate surface area is 91.1 Å². The van der Waals surface area contributed by atoms with Crippen LogP contribution in [0.1, 0.15) is 32.3 Å². The van der Waals surface area contributed by atoms with Gasteiger partial charge in [-0.25, -0.2) is 0 Å². The molecule has 1 heterocycles. The van der Waals surface area contributed by atoms with Gasteiger partial charge in [0.1, 0.15) is 12.4 Å². The average Bonchev–Trinajstić information content (AvgIpc) is 2.24. The molecular weight excluding hydrogens is 190 g/mol. The molecule has 0 aliphatic rings. The van der Waals surface area contributed by atoms with Crippen molar-refractivity contribution in [1.82, 2.24) is 4.98 Å². The third-order valence-corrected chi connectivity index (χ3v) is 2.15. The van der Waals surface area contributed by atoms with Crippen molar-refractivity contribution in [2.45, 2.75) is 39.2 Å². The monoisotopic (exact) mass is 209 g/mol. The Morgan fingerprint density at radius 1 is 1.53 bits per heavy atom. The van der Waals surface area contributed by atoms with Crippen molar-refractivity contribution < 1.29 is 9.84 Å². The van der Waals surface area contributed by atoms with Crippen molar-refractivity contribution >= 4 is 0 Å². The molecule has 0 amide bonds.